The van der Waals surface area contributed by atoms with Crippen molar-refractivity contribution in [2.45, 2.75) is 6.42 Å². The quantitative estimate of drug-likeness (QED) is 0.746. The van der Waals surface area contributed by atoms with Crippen LogP contribution in [0.3, 0.4) is 0 Å². The van der Waals surface area contributed by atoms with E-state index < -0.39 is 0 Å². The monoisotopic (exact) mass is 205 g/mol. The number of aromatic nitrogens is 1. The zero-order valence-electron chi connectivity index (χ0n) is 8.43. The normalized spacial score (nSPS) is 14.5. The van der Waals surface area contributed by atoms with Crippen LogP contribution >= 0.6 is 0 Å². The highest BCUT2D eigenvalue weighted by atomic mass is 16.6. The van der Waals surface area contributed by atoms with Crippen LogP contribution in [0.25, 0.3) is 0 Å². The summed E-state index contributed by atoms with van der Waals surface area (Å²) >= 11 is 0. The maximum Gasteiger partial charge on any atom is 0.409 e. The fourth-order valence-corrected chi connectivity index (χ4v) is 1.30. The van der Waals surface area contributed by atoms with Gasteiger partial charge in [0.15, 0.2) is 0 Å². The maximum atomic E-state index is 11.3. The lowest BCUT2D eigenvalue weighted by Crippen LogP contribution is -2.43. The van der Waals surface area contributed by atoms with E-state index in [4.69, 9.17) is 4.74 Å². The van der Waals surface area contributed by atoms with Crippen molar-refractivity contribution in [1.29, 1.82) is 0 Å². The van der Waals surface area contributed by atoms with Crippen molar-refractivity contribution >= 4 is 6.09 Å². The van der Waals surface area contributed by atoms with Crippen LogP contribution in [0.15, 0.2) is 24.5 Å². The van der Waals surface area contributed by atoms with Crippen LogP contribution < -0.4 is 0 Å². The molecule has 79 valence electrons. The fourth-order valence-electron chi connectivity index (χ4n) is 1.30. The first-order valence-electron chi connectivity index (χ1n) is 4.98. The van der Waals surface area contributed by atoms with Crippen LogP contribution in [0, 0.1) is 6.42 Å². The molecular weight excluding hydrogens is 192 g/mol. The van der Waals surface area contributed by atoms with Crippen LogP contribution in [-0.4, -0.2) is 35.7 Å². The van der Waals surface area contributed by atoms with E-state index in [9.17, 15) is 4.79 Å². The van der Waals surface area contributed by atoms with Gasteiger partial charge in [0, 0.05) is 38.3 Å². The van der Waals surface area contributed by atoms with Gasteiger partial charge in [0.25, 0.3) is 0 Å². The van der Waals surface area contributed by atoms with E-state index in [0.717, 1.165) is 12.0 Å². The van der Waals surface area contributed by atoms with Crippen molar-refractivity contribution in [2.75, 3.05) is 19.7 Å². The van der Waals surface area contributed by atoms with E-state index in [1.807, 2.05) is 18.6 Å². The topological polar surface area (TPSA) is 42.4 Å². The minimum atomic E-state index is -0.221. The number of nitrogens with zero attached hydrogens (tertiary/aromatic N) is 2. The van der Waals surface area contributed by atoms with E-state index in [1.165, 1.54) is 0 Å². The molecule has 0 N–H and O–H groups in total. The number of amides is 1. The number of hydrogen-bond donors (Lipinski definition) is 0. The van der Waals surface area contributed by atoms with Gasteiger partial charge in [0.1, 0.15) is 0 Å². The predicted molar refractivity (Wildman–Crippen MR) is 55.2 cm³/mol. The van der Waals surface area contributed by atoms with E-state index in [0.29, 0.717) is 19.7 Å². The zero-order valence-corrected chi connectivity index (χ0v) is 8.43. The van der Waals surface area contributed by atoms with Gasteiger partial charge in [-0.2, -0.15) is 0 Å². The number of carbonyl (C=O) groups excluding carboxylic acids is 1. The highest BCUT2D eigenvalue weighted by molar-refractivity contribution is 5.69. The van der Waals surface area contributed by atoms with Gasteiger partial charge in [-0.3, -0.25) is 4.98 Å². The molecule has 0 saturated carbocycles. The van der Waals surface area contributed by atoms with E-state index in [-0.39, 0.29) is 6.09 Å². The Morgan fingerprint density at radius 3 is 3.00 bits per heavy atom. The lowest BCUT2D eigenvalue weighted by Gasteiger charge is -2.29. The summed E-state index contributed by atoms with van der Waals surface area (Å²) in [5.74, 6) is 0. The minimum absolute atomic E-state index is 0.221. The Morgan fingerprint density at radius 2 is 2.40 bits per heavy atom. The second kappa shape index (κ2) is 4.77. The van der Waals surface area contributed by atoms with Crippen LogP contribution in [-0.2, 0) is 11.2 Å². The standard InChI is InChI=1S/C11H13N2O2/c14-11(13-6-2-7-13)15-8-4-10-3-1-5-12-9-10/h1-3,5,9H,4,6-8H2. The molecule has 4 nitrogen and oxygen atoms in total. The summed E-state index contributed by atoms with van der Waals surface area (Å²) in [5.41, 5.74) is 1.08. The summed E-state index contributed by atoms with van der Waals surface area (Å²) in [6.45, 7) is 1.85. The van der Waals surface area contributed by atoms with Gasteiger partial charge < -0.3 is 9.64 Å². The molecule has 2 rings (SSSR count). The van der Waals surface area contributed by atoms with Gasteiger partial charge >= 0.3 is 6.09 Å². The number of hydrogen-bond acceptors (Lipinski definition) is 3. The first kappa shape index (κ1) is 9.96. The third-order valence-electron chi connectivity index (χ3n) is 2.30. The molecule has 1 saturated heterocycles. The van der Waals surface area contributed by atoms with Crippen molar-refractivity contribution in [3.63, 3.8) is 0 Å². The summed E-state index contributed by atoms with van der Waals surface area (Å²) < 4.78 is 5.09. The van der Waals surface area contributed by atoms with Crippen LogP contribution in [0.5, 0.6) is 0 Å². The largest absolute Gasteiger partial charge is 0.449 e. The first-order chi connectivity index (χ1) is 7.36. The van der Waals surface area contributed by atoms with Crippen LogP contribution in [0.4, 0.5) is 4.79 Å². The van der Waals surface area contributed by atoms with Crippen LogP contribution in [0.2, 0.25) is 0 Å². The van der Waals surface area contributed by atoms with Gasteiger partial charge in [0.05, 0.1) is 6.61 Å². The lowest BCUT2D eigenvalue weighted by molar-refractivity contribution is 0.0960. The lowest BCUT2D eigenvalue weighted by atomic mass is 10.2. The molecule has 1 fully saturated rings. The van der Waals surface area contributed by atoms with E-state index in [1.54, 1.807) is 17.3 Å². The fraction of sp³-hybridized carbons (Fsp3) is 0.364. The van der Waals surface area contributed by atoms with Crippen molar-refractivity contribution in [1.82, 2.24) is 9.88 Å². The molecule has 2 heterocycles. The summed E-state index contributed by atoms with van der Waals surface area (Å²) in [7, 11) is 0. The van der Waals surface area contributed by atoms with Crippen molar-refractivity contribution in [2.24, 2.45) is 0 Å². The maximum absolute atomic E-state index is 11.3. The minimum Gasteiger partial charge on any atom is -0.449 e. The average Bonchev–Trinajstić information content (AvgIpc) is 2.16. The molecule has 1 radical (unpaired) electrons. The van der Waals surface area contributed by atoms with Gasteiger partial charge in [-0.25, -0.2) is 4.79 Å². The number of ether oxygens (including phenoxy) is 1. The van der Waals surface area contributed by atoms with Crippen molar-refractivity contribution in [3.05, 3.63) is 36.5 Å². The molecule has 1 aromatic rings. The molecule has 15 heavy (non-hydrogen) atoms. The molecule has 1 amide bonds. The van der Waals surface area contributed by atoms with Gasteiger partial charge in [-0.05, 0) is 11.6 Å². The SMILES string of the molecule is O=C(OCCc1cccnc1)N1C[CH]C1. The second-order valence-electron chi connectivity index (χ2n) is 3.42. The van der Waals surface area contributed by atoms with Crippen molar-refractivity contribution < 1.29 is 9.53 Å². The Labute approximate surface area is 88.9 Å². The number of rotatable bonds is 3. The molecule has 0 atom stereocenters. The van der Waals surface area contributed by atoms with E-state index >= 15 is 0 Å². The Bertz CT molecular complexity index is 323. The van der Waals surface area contributed by atoms with Gasteiger partial charge in [-0.1, -0.05) is 6.07 Å². The summed E-state index contributed by atoms with van der Waals surface area (Å²) in [5, 5.41) is 0. The molecule has 0 aliphatic carbocycles. The van der Waals surface area contributed by atoms with Gasteiger partial charge in [0.2, 0.25) is 0 Å². The second-order valence-corrected chi connectivity index (χ2v) is 3.42. The Kier molecular flexibility index (Phi) is 3.17. The smallest absolute Gasteiger partial charge is 0.409 e. The third-order valence-corrected chi connectivity index (χ3v) is 2.30. The predicted octanol–water partition coefficient (Wildman–Crippen LogP) is 1.28. The van der Waals surface area contributed by atoms with Crippen molar-refractivity contribution in [3.8, 4) is 0 Å². The Hall–Kier alpha value is -1.58. The molecule has 1 aromatic heterocycles. The van der Waals surface area contributed by atoms with Crippen LogP contribution in [0.1, 0.15) is 5.56 Å². The zero-order chi connectivity index (χ0) is 10.5. The molecule has 0 aromatic carbocycles. The Morgan fingerprint density at radius 1 is 1.53 bits per heavy atom. The molecule has 1 aliphatic rings. The molecular formula is C11H13N2O2. The first-order valence-corrected chi connectivity index (χ1v) is 4.98. The highest BCUT2D eigenvalue weighted by Crippen LogP contribution is 2.06. The molecule has 1 aliphatic heterocycles. The molecule has 0 spiro atoms. The summed E-state index contributed by atoms with van der Waals surface area (Å²) in [6.07, 6.45) is 6.04. The number of carbonyl (C=O) groups is 1. The summed E-state index contributed by atoms with van der Waals surface area (Å²) in [6, 6.07) is 3.85. The number of pyridine rings is 1. The van der Waals surface area contributed by atoms with Gasteiger partial charge in [-0.15, -0.1) is 0 Å². The molecule has 0 bridgehead atoms. The average molecular weight is 205 g/mol. The molecule has 0 unspecified atom stereocenters. The number of likely N-dealkylation sites (tertiary alicyclic amines) is 1. The molecule has 4 heteroatoms. The summed E-state index contributed by atoms with van der Waals surface area (Å²) in [4.78, 5) is 16.9. The Balaban J connectivity index is 1.68. The highest BCUT2D eigenvalue weighted by Gasteiger charge is 2.21. The van der Waals surface area contributed by atoms with E-state index in [2.05, 4.69) is 4.98 Å². The third kappa shape index (κ3) is 2.68.